The Morgan fingerprint density at radius 2 is 1.90 bits per heavy atom. The number of aromatic amines is 1. The van der Waals surface area contributed by atoms with Crippen molar-refractivity contribution in [1.82, 2.24) is 4.98 Å². The van der Waals surface area contributed by atoms with Gasteiger partial charge in [-0.2, -0.15) is 0 Å². The zero-order chi connectivity index (χ0) is 13.1. The summed E-state index contributed by atoms with van der Waals surface area (Å²) in [7, 11) is 0. The van der Waals surface area contributed by atoms with Gasteiger partial charge >= 0.3 is 0 Å². The Kier molecular flexibility index (Phi) is 1.90. The quantitative estimate of drug-likeness (QED) is 0.676. The van der Waals surface area contributed by atoms with Gasteiger partial charge in [0.15, 0.2) is 0 Å². The first-order valence-corrected chi connectivity index (χ1v) is 7.23. The van der Waals surface area contributed by atoms with Gasteiger partial charge in [0.2, 0.25) is 0 Å². The minimum Gasteiger partial charge on any atom is -0.353 e. The summed E-state index contributed by atoms with van der Waals surface area (Å²) in [4.78, 5) is 8.21. The number of para-hydroxylation sites is 1. The molecule has 5 rings (SSSR count). The van der Waals surface area contributed by atoms with E-state index in [9.17, 15) is 0 Å². The van der Waals surface area contributed by atoms with Crippen LogP contribution in [-0.4, -0.2) is 11.3 Å². The fraction of sp³-hybridized carbons (Fsp3) is 0.235. The van der Waals surface area contributed by atoms with E-state index in [-0.39, 0.29) is 0 Å². The number of benzene rings is 2. The molecule has 20 heavy (non-hydrogen) atoms. The summed E-state index contributed by atoms with van der Waals surface area (Å²) in [6.45, 7) is 0. The molecule has 0 amide bonds. The normalized spacial score (nSPS) is 21.1. The molecule has 1 fully saturated rings. The van der Waals surface area contributed by atoms with Gasteiger partial charge < -0.3 is 10.3 Å². The van der Waals surface area contributed by atoms with Crippen molar-refractivity contribution in [3.63, 3.8) is 0 Å². The number of aromatic nitrogens is 1. The number of anilines is 1. The number of H-pyrrole nitrogens is 1. The van der Waals surface area contributed by atoms with Gasteiger partial charge in [-0.3, -0.25) is 4.99 Å². The number of hydrogen-bond acceptors (Lipinski definition) is 2. The Balaban J connectivity index is 1.83. The minimum absolute atomic E-state index is 0.349. The minimum atomic E-state index is 0.349. The summed E-state index contributed by atoms with van der Waals surface area (Å²) in [6.07, 6.45) is 4.49. The van der Waals surface area contributed by atoms with Crippen LogP contribution in [0.25, 0.3) is 21.8 Å². The molecular formula is C17H15N3. The summed E-state index contributed by atoms with van der Waals surface area (Å²) >= 11 is 0. The second-order valence-corrected chi connectivity index (χ2v) is 5.83. The zero-order valence-corrected chi connectivity index (χ0v) is 11.1. The molecule has 2 aromatic carbocycles. The lowest BCUT2D eigenvalue weighted by molar-refractivity contribution is 0.637. The highest BCUT2D eigenvalue weighted by Gasteiger charge is 2.35. The summed E-state index contributed by atoms with van der Waals surface area (Å²) in [5.74, 6) is 0.744. The van der Waals surface area contributed by atoms with Crippen molar-refractivity contribution >= 4 is 33.8 Å². The van der Waals surface area contributed by atoms with Gasteiger partial charge in [0.05, 0.1) is 23.6 Å². The Hall–Kier alpha value is -2.29. The van der Waals surface area contributed by atoms with Crippen molar-refractivity contribution in [2.45, 2.75) is 18.9 Å². The highest BCUT2D eigenvalue weighted by molar-refractivity contribution is 6.13. The molecule has 3 aromatic rings. The van der Waals surface area contributed by atoms with E-state index in [0.717, 1.165) is 5.92 Å². The van der Waals surface area contributed by atoms with E-state index in [4.69, 9.17) is 0 Å². The first-order chi connectivity index (χ1) is 9.92. The van der Waals surface area contributed by atoms with Crippen molar-refractivity contribution in [2.24, 2.45) is 10.9 Å². The molecule has 0 spiro atoms. The average molecular weight is 261 g/mol. The number of nitrogens with one attached hydrogen (secondary N) is 2. The van der Waals surface area contributed by atoms with Crippen LogP contribution in [0, 0.1) is 5.92 Å². The number of aliphatic imine (C=N–C) groups is 1. The fourth-order valence-electron chi connectivity index (χ4n) is 3.39. The molecule has 1 saturated carbocycles. The average Bonchev–Trinajstić information content (AvgIpc) is 3.26. The molecule has 98 valence electrons. The molecule has 1 aliphatic heterocycles. The summed E-state index contributed by atoms with van der Waals surface area (Å²) < 4.78 is 0. The molecule has 0 bridgehead atoms. The van der Waals surface area contributed by atoms with E-state index in [2.05, 4.69) is 51.7 Å². The van der Waals surface area contributed by atoms with E-state index >= 15 is 0 Å². The van der Waals surface area contributed by atoms with E-state index in [1.165, 1.54) is 45.9 Å². The highest BCUT2D eigenvalue weighted by atomic mass is 15.0. The Labute approximate surface area is 116 Å². The van der Waals surface area contributed by atoms with Gasteiger partial charge in [-0.25, -0.2) is 0 Å². The predicted molar refractivity (Wildman–Crippen MR) is 83.4 cm³/mol. The molecular weight excluding hydrogens is 246 g/mol. The van der Waals surface area contributed by atoms with Crippen molar-refractivity contribution < 1.29 is 0 Å². The maximum Gasteiger partial charge on any atom is 0.0876 e. The lowest BCUT2D eigenvalue weighted by atomic mass is 9.97. The second kappa shape index (κ2) is 3.63. The standard InChI is InChI=1S/C17H15N3/c1-2-4-14-11(3-1)12-7-8-13-15(10-5-6-10)18-9-19-16(13)17(12)20-14/h1-4,7-10,15,20H,5-6H2,(H,18,19). The number of fused-ring (bicyclic) bond motifs is 5. The Morgan fingerprint density at radius 3 is 2.80 bits per heavy atom. The van der Waals surface area contributed by atoms with Crippen LogP contribution in [0.15, 0.2) is 41.4 Å². The first-order valence-electron chi connectivity index (χ1n) is 7.23. The summed E-state index contributed by atoms with van der Waals surface area (Å²) in [5, 5.41) is 5.93. The largest absolute Gasteiger partial charge is 0.353 e. The van der Waals surface area contributed by atoms with E-state index in [1.54, 1.807) is 0 Å². The van der Waals surface area contributed by atoms with Crippen LogP contribution in [-0.2, 0) is 0 Å². The molecule has 3 nitrogen and oxygen atoms in total. The van der Waals surface area contributed by atoms with Crippen LogP contribution in [0.4, 0.5) is 5.69 Å². The topological polar surface area (TPSA) is 40.2 Å². The molecule has 3 heteroatoms. The van der Waals surface area contributed by atoms with Crippen LogP contribution in [0.3, 0.4) is 0 Å². The number of hydrogen-bond donors (Lipinski definition) is 2. The Morgan fingerprint density at radius 1 is 1.00 bits per heavy atom. The molecule has 0 radical (unpaired) electrons. The first kappa shape index (κ1) is 10.5. The third-order valence-electron chi connectivity index (χ3n) is 4.55. The lowest BCUT2D eigenvalue weighted by Crippen LogP contribution is -2.12. The van der Waals surface area contributed by atoms with Crippen LogP contribution < -0.4 is 5.32 Å². The number of nitrogens with zero attached hydrogens (tertiary/aromatic N) is 1. The number of rotatable bonds is 1. The van der Waals surface area contributed by atoms with Gasteiger partial charge in [-0.1, -0.05) is 30.3 Å². The molecule has 1 unspecified atom stereocenters. The molecule has 1 aliphatic carbocycles. The van der Waals surface area contributed by atoms with Crippen molar-refractivity contribution in [1.29, 1.82) is 0 Å². The van der Waals surface area contributed by atoms with Crippen molar-refractivity contribution in [2.75, 3.05) is 5.32 Å². The third-order valence-corrected chi connectivity index (χ3v) is 4.55. The van der Waals surface area contributed by atoms with E-state index in [0.29, 0.717) is 6.04 Å². The SMILES string of the molecule is C1=NC(C2CC2)c2ccc3c([nH]c4ccccc43)c2N1. The molecule has 2 heterocycles. The van der Waals surface area contributed by atoms with Gasteiger partial charge in [0.1, 0.15) is 0 Å². The smallest absolute Gasteiger partial charge is 0.0876 e. The van der Waals surface area contributed by atoms with Crippen LogP contribution in [0.2, 0.25) is 0 Å². The maximum absolute atomic E-state index is 4.64. The monoisotopic (exact) mass is 261 g/mol. The van der Waals surface area contributed by atoms with Gasteiger partial charge in [-0.15, -0.1) is 0 Å². The summed E-state index contributed by atoms with van der Waals surface area (Å²) in [5.41, 5.74) is 4.96. The lowest BCUT2D eigenvalue weighted by Gasteiger charge is -2.21. The zero-order valence-electron chi connectivity index (χ0n) is 11.1. The fourth-order valence-corrected chi connectivity index (χ4v) is 3.39. The highest BCUT2D eigenvalue weighted by Crippen LogP contribution is 2.48. The predicted octanol–water partition coefficient (Wildman–Crippen LogP) is 4.23. The third kappa shape index (κ3) is 1.32. The van der Waals surface area contributed by atoms with Gasteiger partial charge in [0, 0.05) is 21.9 Å². The molecule has 0 saturated heterocycles. The summed E-state index contributed by atoms with van der Waals surface area (Å²) in [6, 6.07) is 13.3. The van der Waals surface area contributed by atoms with E-state index < -0.39 is 0 Å². The maximum atomic E-state index is 4.64. The second-order valence-electron chi connectivity index (χ2n) is 5.83. The molecule has 2 aliphatic rings. The van der Waals surface area contributed by atoms with Crippen LogP contribution in [0.5, 0.6) is 0 Å². The van der Waals surface area contributed by atoms with E-state index in [1.807, 2.05) is 6.34 Å². The van der Waals surface area contributed by atoms with Crippen LogP contribution in [0.1, 0.15) is 24.4 Å². The Bertz CT molecular complexity index is 855. The molecule has 2 N–H and O–H groups in total. The van der Waals surface area contributed by atoms with Gasteiger partial charge in [0.25, 0.3) is 0 Å². The van der Waals surface area contributed by atoms with Crippen LogP contribution >= 0.6 is 0 Å². The van der Waals surface area contributed by atoms with Crippen molar-refractivity contribution in [3.05, 3.63) is 42.0 Å². The van der Waals surface area contributed by atoms with Gasteiger partial charge in [-0.05, 0) is 24.8 Å². The molecule has 1 aromatic heterocycles. The van der Waals surface area contributed by atoms with Crippen molar-refractivity contribution in [3.8, 4) is 0 Å². The molecule has 1 atom stereocenters.